The summed E-state index contributed by atoms with van der Waals surface area (Å²) < 4.78 is 5.51. The Morgan fingerprint density at radius 1 is 1.14 bits per heavy atom. The van der Waals surface area contributed by atoms with Gasteiger partial charge in [0.15, 0.2) is 0 Å². The molecule has 0 radical (unpaired) electrons. The standard InChI is InChI=1S/C19H23NO2/c1-12-10-13(2)18(22-19(21)15(4)20)14(3)17(12)11-16-8-6-5-7-9-16/h5-10,15H,11,20H2,1-4H3/t15-/m0/s1. The van der Waals surface area contributed by atoms with E-state index in [-0.39, 0.29) is 0 Å². The van der Waals surface area contributed by atoms with E-state index in [2.05, 4.69) is 25.1 Å². The Labute approximate surface area is 132 Å². The van der Waals surface area contributed by atoms with E-state index in [1.165, 1.54) is 16.7 Å². The van der Waals surface area contributed by atoms with Crippen LogP contribution in [0, 0.1) is 20.8 Å². The summed E-state index contributed by atoms with van der Waals surface area (Å²) in [6.07, 6.45) is 0.821. The third-order valence-electron chi connectivity index (χ3n) is 3.86. The summed E-state index contributed by atoms with van der Waals surface area (Å²) in [5, 5.41) is 0. The van der Waals surface area contributed by atoms with E-state index in [1.807, 2.05) is 32.0 Å². The van der Waals surface area contributed by atoms with Gasteiger partial charge in [-0.1, -0.05) is 36.4 Å². The number of hydrogen-bond donors (Lipinski definition) is 1. The predicted octanol–water partition coefficient (Wildman–Crippen LogP) is 3.46. The molecule has 22 heavy (non-hydrogen) atoms. The number of ether oxygens (including phenoxy) is 1. The predicted molar refractivity (Wildman–Crippen MR) is 89.2 cm³/mol. The van der Waals surface area contributed by atoms with Gasteiger partial charge in [0.2, 0.25) is 0 Å². The summed E-state index contributed by atoms with van der Waals surface area (Å²) in [6.45, 7) is 7.68. The van der Waals surface area contributed by atoms with Crippen LogP contribution in [0.2, 0.25) is 0 Å². The van der Waals surface area contributed by atoms with Crippen LogP contribution in [-0.4, -0.2) is 12.0 Å². The van der Waals surface area contributed by atoms with E-state index in [0.29, 0.717) is 5.75 Å². The van der Waals surface area contributed by atoms with Crippen molar-refractivity contribution in [2.75, 3.05) is 0 Å². The van der Waals surface area contributed by atoms with Crippen LogP contribution in [0.15, 0.2) is 36.4 Å². The number of rotatable bonds is 4. The Bertz CT molecular complexity index is 676. The van der Waals surface area contributed by atoms with Crippen molar-refractivity contribution < 1.29 is 9.53 Å². The Morgan fingerprint density at radius 2 is 1.77 bits per heavy atom. The molecule has 2 aromatic carbocycles. The lowest BCUT2D eigenvalue weighted by molar-refractivity contribution is -0.135. The van der Waals surface area contributed by atoms with Crippen LogP contribution in [0.4, 0.5) is 0 Å². The zero-order chi connectivity index (χ0) is 16.3. The minimum absolute atomic E-state index is 0.402. The molecule has 0 saturated heterocycles. The highest BCUT2D eigenvalue weighted by atomic mass is 16.5. The number of benzene rings is 2. The average molecular weight is 297 g/mol. The molecule has 2 rings (SSSR count). The fraction of sp³-hybridized carbons (Fsp3) is 0.316. The Balaban J connectivity index is 2.40. The average Bonchev–Trinajstić information content (AvgIpc) is 2.48. The first-order valence-corrected chi connectivity index (χ1v) is 7.51. The lowest BCUT2D eigenvalue weighted by Gasteiger charge is -2.18. The van der Waals surface area contributed by atoms with E-state index >= 15 is 0 Å². The molecule has 0 aliphatic heterocycles. The van der Waals surface area contributed by atoms with Crippen LogP contribution in [0.5, 0.6) is 5.75 Å². The molecule has 2 aromatic rings. The van der Waals surface area contributed by atoms with Crippen molar-refractivity contribution >= 4 is 5.97 Å². The zero-order valence-corrected chi connectivity index (χ0v) is 13.6. The van der Waals surface area contributed by atoms with Crippen molar-refractivity contribution in [3.8, 4) is 5.75 Å². The van der Waals surface area contributed by atoms with Crippen LogP contribution < -0.4 is 10.5 Å². The second-order valence-electron chi connectivity index (χ2n) is 5.82. The molecule has 0 aliphatic carbocycles. The van der Waals surface area contributed by atoms with Crippen molar-refractivity contribution in [3.63, 3.8) is 0 Å². The third-order valence-corrected chi connectivity index (χ3v) is 3.86. The number of aryl methyl sites for hydroxylation is 2. The smallest absolute Gasteiger partial charge is 0.328 e. The molecule has 3 nitrogen and oxygen atoms in total. The minimum Gasteiger partial charge on any atom is -0.425 e. The number of esters is 1. The van der Waals surface area contributed by atoms with Crippen LogP contribution in [-0.2, 0) is 11.2 Å². The second kappa shape index (κ2) is 6.75. The maximum absolute atomic E-state index is 11.8. The van der Waals surface area contributed by atoms with Crippen LogP contribution >= 0.6 is 0 Å². The van der Waals surface area contributed by atoms with Gasteiger partial charge in [-0.25, -0.2) is 4.79 Å². The molecule has 0 bridgehead atoms. The summed E-state index contributed by atoms with van der Waals surface area (Å²) in [5.74, 6) is 0.236. The zero-order valence-electron chi connectivity index (χ0n) is 13.6. The van der Waals surface area contributed by atoms with Crippen molar-refractivity contribution in [1.29, 1.82) is 0 Å². The Kier molecular flexibility index (Phi) is 4.99. The molecule has 0 spiro atoms. The van der Waals surface area contributed by atoms with Crippen LogP contribution in [0.25, 0.3) is 0 Å². The van der Waals surface area contributed by atoms with Crippen molar-refractivity contribution in [2.24, 2.45) is 5.73 Å². The summed E-state index contributed by atoms with van der Waals surface area (Å²) in [7, 11) is 0. The van der Waals surface area contributed by atoms with Gasteiger partial charge in [-0.2, -0.15) is 0 Å². The fourth-order valence-corrected chi connectivity index (χ4v) is 2.63. The Hall–Kier alpha value is -2.13. The van der Waals surface area contributed by atoms with E-state index in [0.717, 1.165) is 17.5 Å². The van der Waals surface area contributed by atoms with E-state index < -0.39 is 12.0 Å². The molecule has 0 unspecified atom stereocenters. The number of carbonyl (C=O) groups excluding carboxylic acids is 1. The quantitative estimate of drug-likeness (QED) is 0.694. The van der Waals surface area contributed by atoms with Crippen molar-refractivity contribution in [3.05, 3.63) is 64.2 Å². The van der Waals surface area contributed by atoms with E-state index in [9.17, 15) is 4.79 Å². The molecule has 0 fully saturated rings. The maximum atomic E-state index is 11.8. The normalized spacial score (nSPS) is 12.0. The minimum atomic E-state index is -0.627. The number of nitrogens with two attached hydrogens (primary N) is 1. The molecular formula is C19H23NO2. The Morgan fingerprint density at radius 3 is 2.36 bits per heavy atom. The first-order valence-electron chi connectivity index (χ1n) is 7.51. The van der Waals surface area contributed by atoms with Crippen LogP contribution in [0.3, 0.4) is 0 Å². The highest BCUT2D eigenvalue weighted by molar-refractivity contribution is 5.78. The first kappa shape index (κ1) is 16.2. The molecule has 2 N–H and O–H groups in total. The molecule has 0 heterocycles. The maximum Gasteiger partial charge on any atom is 0.328 e. The first-order chi connectivity index (χ1) is 10.4. The molecular weight excluding hydrogens is 274 g/mol. The summed E-state index contributed by atoms with van der Waals surface area (Å²) in [5.41, 5.74) is 11.2. The molecule has 0 amide bonds. The highest BCUT2D eigenvalue weighted by Crippen LogP contribution is 2.31. The van der Waals surface area contributed by atoms with Gasteiger partial charge in [0, 0.05) is 0 Å². The second-order valence-corrected chi connectivity index (χ2v) is 5.82. The SMILES string of the molecule is Cc1cc(C)c(OC(=O)[C@H](C)N)c(C)c1Cc1ccccc1. The summed E-state index contributed by atoms with van der Waals surface area (Å²) >= 11 is 0. The lowest BCUT2D eigenvalue weighted by atomic mass is 9.93. The monoisotopic (exact) mass is 297 g/mol. The fourth-order valence-electron chi connectivity index (χ4n) is 2.63. The van der Waals surface area contributed by atoms with E-state index in [4.69, 9.17) is 10.5 Å². The molecule has 0 saturated carbocycles. The van der Waals surface area contributed by atoms with Gasteiger partial charge < -0.3 is 10.5 Å². The van der Waals surface area contributed by atoms with Gasteiger partial charge in [0.1, 0.15) is 11.8 Å². The van der Waals surface area contributed by atoms with Gasteiger partial charge in [0.05, 0.1) is 0 Å². The van der Waals surface area contributed by atoms with Gasteiger partial charge in [-0.05, 0) is 61.9 Å². The molecule has 0 aliphatic rings. The van der Waals surface area contributed by atoms with E-state index in [1.54, 1.807) is 6.92 Å². The molecule has 3 heteroatoms. The lowest BCUT2D eigenvalue weighted by Crippen LogP contribution is -2.31. The van der Waals surface area contributed by atoms with Crippen molar-refractivity contribution in [1.82, 2.24) is 0 Å². The summed E-state index contributed by atoms with van der Waals surface area (Å²) in [6, 6.07) is 11.7. The number of hydrogen-bond acceptors (Lipinski definition) is 3. The van der Waals surface area contributed by atoms with Crippen LogP contribution in [0.1, 0.15) is 34.7 Å². The number of carbonyl (C=O) groups is 1. The highest BCUT2D eigenvalue weighted by Gasteiger charge is 2.17. The molecule has 1 atom stereocenters. The topological polar surface area (TPSA) is 52.3 Å². The van der Waals surface area contributed by atoms with Gasteiger partial charge in [-0.15, -0.1) is 0 Å². The molecule has 0 aromatic heterocycles. The summed E-state index contributed by atoms with van der Waals surface area (Å²) in [4.78, 5) is 11.8. The van der Waals surface area contributed by atoms with Gasteiger partial charge in [-0.3, -0.25) is 0 Å². The van der Waals surface area contributed by atoms with Crippen molar-refractivity contribution in [2.45, 2.75) is 40.2 Å². The van der Waals surface area contributed by atoms with Gasteiger partial charge in [0.25, 0.3) is 0 Å². The van der Waals surface area contributed by atoms with Gasteiger partial charge >= 0.3 is 5.97 Å². The third kappa shape index (κ3) is 3.55. The molecule has 116 valence electrons. The largest absolute Gasteiger partial charge is 0.425 e.